The van der Waals surface area contributed by atoms with Crippen molar-refractivity contribution in [3.63, 3.8) is 0 Å². The number of rotatable bonds is 3. The maximum absolute atomic E-state index is 12.3. The van der Waals surface area contributed by atoms with Gasteiger partial charge in [0.05, 0.1) is 10.6 Å². The van der Waals surface area contributed by atoms with Gasteiger partial charge in [-0.2, -0.15) is 17.6 Å². The highest BCUT2D eigenvalue weighted by atomic mass is 32.2. The first-order chi connectivity index (χ1) is 8.41. The number of aromatic nitrogens is 2. The van der Waals surface area contributed by atoms with E-state index in [0.29, 0.717) is 0 Å². The average molecular weight is 264 g/mol. The summed E-state index contributed by atoms with van der Waals surface area (Å²) < 4.78 is 25.6. The van der Waals surface area contributed by atoms with Crippen LogP contribution in [0.15, 0.2) is 41.4 Å². The van der Waals surface area contributed by atoms with Gasteiger partial charge in [0.2, 0.25) is 0 Å². The number of nitrogens with zero attached hydrogens (tertiary/aromatic N) is 2. The third kappa shape index (κ3) is 2.31. The predicted octanol–water partition coefficient (Wildman–Crippen LogP) is 2.55. The van der Waals surface area contributed by atoms with Gasteiger partial charge >= 0.3 is 0 Å². The molecule has 96 valence electrons. The minimum atomic E-state index is -3.56. The van der Waals surface area contributed by atoms with Gasteiger partial charge in [0.1, 0.15) is 0 Å². The molecule has 0 fully saturated rings. The Bertz CT molecular complexity index is 640. The van der Waals surface area contributed by atoms with E-state index in [2.05, 4.69) is 5.10 Å². The Hall–Kier alpha value is -1.62. The molecular weight excluding hydrogens is 248 g/mol. The van der Waals surface area contributed by atoms with Crippen molar-refractivity contribution in [2.24, 2.45) is 0 Å². The van der Waals surface area contributed by atoms with Gasteiger partial charge in [-0.05, 0) is 31.0 Å². The van der Waals surface area contributed by atoms with Crippen molar-refractivity contribution in [1.29, 1.82) is 0 Å². The molecule has 1 aromatic carbocycles. The zero-order valence-corrected chi connectivity index (χ0v) is 11.5. The summed E-state index contributed by atoms with van der Waals surface area (Å²) in [5, 5.41) is 4.11. The van der Waals surface area contributed by atoms with Crippen LogP contribution in [0.2, 0.25) is 0 Å². The van der Waals surface area contributed by atoms with E-state index in [0.717, 1.165) is 15.3 Å². The van der Waals surface area contributed by atoms with E-state index in [9.17, 15) is 8.42 Å². The molecule has 1 heterocycles. The molecule has 4 nitrogen and oxygen atoms in total. The molecule has 0 bridgehead atoms. The summed E-state index contributed by atoms with van der Waals surface area (Å²) in [5.74, 6) is 0.208. The minimum absolute atomic E-state index is 0.208. The standard InChI is InChI=1S/C13H16N2O2S/c1-10(2)13-8-9-15(14-13)18(16,17)12-6-4-11(3)5-7-12/h4-10H,1-3H3. The molecule has 0 aliphatic heterocycles. The molecule has 18 heavy (non-hydrogen) atoms. The lowest BCUT2D eigenvalue weighted by atomic mass is 10.1. The first-order valence-electron chi connectivity index (χ1n) is 5.79. The highest BCUT2D eigenvalue weighted by Crippen LogP contribution is 2.16. The highest BCUT2D eigenvalue weighted by molar-refractivity contribution is 7.89. The Balaban J connectivity index is 2.44. The van der Waals surface area contributed by atoms with Crippen molar-refractivity contribution in [3.05, 3.63) is 47.8 Å². The van der Waals surface area contributed by atoms with Crippen molar-refractivity contribution in [2.45, 2.75) is 31.6 Å². The average Bonchev–Trinajstić information content (AvgIpc) is 2.79. The van der Waals surface area contributed by atoms with Gasteiger partial charge in [0, 0.05) is 6.20 Å². The van der Waals surface area contributed by atoms with E-state index < -0.39 is 10.0 Å². The first kappa shape index (κ1) is 12.8. The first-order valence-corrected chi connectivity index (χ1v) is 7.23. The Morgan fingerprint density at radius 2 is 1.72 bits per heavy atom. The molecule has 2 aromatic rings. The number of hydrogen-bond donors (Lipinski definition) is 0. The van der Waals surface area contributed by atoms with Crippen molar-refractivity contribution in [2.75, 3.05) is 0 Å². The number of aryl methyl sites for hydroxylation is 1. The molecule has 0 aliphatic carbocycles. The molecular formula is C13H16N2O2S. The molecule has 0 unspecified atom stereocenters. The quantitative estimate of drug-likeness (QED) is 0.856. The van der Waals surface area contributed by atoms with Crippen LogP contribution in [0.5, 0.6) is 0 Å². The lowest BCUT2D eigenvalue weighted by Gasteiger charge is -2.05. The molecule has 0 N–H and O–H groups in total. The lowest BCUT2D eigenvalue weighted by molar-refractivity contribution is 0.578. The normalized spacial score (nSPS) is 12.0. The second kappa shape index (κ2) is 4.57. The summed E-state index contributed by atoms with van der Waals surface area (Å²) in [4.78, 5) is 0.256. The fraction of sp³-hybridized carbons (Fsp3) is 0.308. The largest absolute Gasteiger partial charge is 0.282 e. The van der Waals surface area contributed by atoms with Gasteiger partial charge in [-0.1, -0.05) is 31.5 Å². The van der Waals surface area contributed by atoms with Crippen LogP contribution in [0.25, 0.3) is 0 Å². The Morgan fingerprint density at radius 1 is 1.11 bits per heavy atom. The van der Waals surface area contributed by atoms with Gasteiger partial charge in [0.25, 0.3) is 10.0 Å². The monoisotopic (exact) mass is 264 g/mol. The summed E-state index contributed by atoms with van der Waals surface area (Å²) in [5.41, 5.74) is 1.79. The summed E-state index contributed by atoms with van der Waals surface area (Å²) in [7, 11) is -3.56. The van der Waals surface area contributed by atoms with Gasteiger partial charge in [-0.25, -0.2) is 0 Å². The van der Waals surface area contributed by atoms with Gasteiger partial charge in [-0.3, -0.25) is 0 Å². The fourth-order valence-electron chi connectivity index (χ4n) is 1.58. The van der Waals surface area contributed by atoms with E-state index in [1.54, 1.807) is 30.3 Å². The second-order valence-corrected chi connectivity index (χ2v) is 6.38. The topological polar surface area (TPSA) is 52.0 Å². The summed E-state index contributed by atoms with van der Waals surface area (Å²) >= 11 is 0. The van der Waals surface area contributed by atoms with Gasteiger partial charge in [0.15, 0.2) is 0 Å². The Morgan fingerprint density at radius 3 is 2.22 bits per heavy atom. The third-order valence-electron chi connectivity index (χ3n) is 2.74. The molecule has 0 spiro atoms. The molecule has 0 aliphatic rings. The molecule has 0 saturated heterocycles. The van der Waals surface area contributed by atoms with Gasteiger partial charge < -0.3 is 0 Å². The van der Waals surface area contributed by atoms with E-state index in [-0.39, 0.29) is 10.8 Å². The molecule has 0 saturated carbocycles. The van der Waals surface area contributed by atoms with Crippen molar-refractivity contribution in [3.8, 4) is 0 Å². The van der Waals surface area contributed by atoms with Crippen molar-refractivity contribution < 1.29 is 8.42 Å². The van der Waals surface area contributed by atoms with Crippen molar-refractivity contribution >= 4 is 10.0 Å². The van der Waals surface area contributed by atoms with Gasteiger partial charge in [-0.15, -0.1) is 0 Å². The molecule has 1 aromatic heterocycles. The zero-order chi connectivity index (χ0) is 13.3. The van der Waals surface area contributed by atoms with Crippen LogP contribution in [0, 0.1) is 6.92 Å². The molecule has 0 amide bonds. The summed E-state index contributed by atoms with van der Waals surface area (Å²) in [6, 6.07) is 8.48. The Labute approximate surface area is 107 Å². The fourth-order valence-corrected chi connectivity index (χ4v) is 2.70. The van der Waals surface area contributed by atoms with Crippen LogP contribution in [0.4, 0.5) is 0 Å². The van der Waals surface area contributed by atoms with E-state index in [4.69, 9.17) is 0 Å². The highest BCUT2D eigenvalue weighted by Gasteiger charge is 2.18. The summed E-state index contributed by atoms with van der Waals surface area (Å²) in [6.07, 6.45) is 1.49. The SMILES string of the molecule is Cc1ccc(S(=O)(=O)n2ccc(C(C)C)n2)cc1. The van der Waals surface area contributed by atoms with Crippen LogP contribution in [0.3, 0.4) is 0 Å². The lowest BCUT2D eigenvalue weighted by Crippen LogP contribution is -2.14. The van der Waals surface area contributed by atoms with Crippen molar-refractivity contribution in [1.82, 2.24) is 9.19 Å². The van der Waals surface area contributed by atoms with E-state index in [1.165, 1.54) is 6.20 Å². The van der Waals surface area contributed by atoms with Crippen LogP contribution in [-0.4, -0.2) is 17.6 Å². The molecule has 2 rings (SSSR count). The second-order valence-electron chi connectivity index (χ2n) is 4.59. The number of hydrogen-bond acceptors (Lipinski definition) is 3. The maximum atomic E-state index is 12.3. The summed E-state index contributed by atoms with van der Waals surface area (Å²) in [6.45, 7) is 5.87. The van der Waals surface area contributed by atoms with E-state index >= 15 is 0 Å². The minimum Gasteiger partial charge on any atom is -0.199 e. The molecule has 0 radical (unpaired) electrons. The van der Waals surface area contributed by atoms with Crippen LogP contribution >= 0.6 is 0 Å². The van der Waals surface area contributed by atoms with Crippen LogP contribution in [0.1, 0.15) is 31.0 Å². The number of benzene rings is 1. The molecule has 5 heteroatoms. The Kier molecular flexibility index (Phi) is 3.26. The van der Waals surface area contributed by atoms with Crippen LogP contribution in [-0.2, 0) is 10.0 Å². The predicted molar refractivity (Wildman–Crippen MR) is 70.1 cm³/mol. The van der Waals surface area contributed by atoms with Crippen LogP contribution < -0.4 is 0 Å². The van der Waals surface area contributed by atoms with E-state index in [1.807, 2.05) is 20.8 Å². The molecule has 0 atom stereocenters. The smallest absolute Gasteiger partial charge is 0.199 e. The third-order valence-corrected chi connectivity index (χ3v) is 4.31. The zero-order valence-electron chi connectivity index (χ0n) is 10.7. The maximum Gasteiger partial charge on any atom is 0.282 e.